The van der Waals surface area contributed by atoms with Crippen LogP contribution in [0.3, 0.4) is 0 Å². The van der Waals surface area contributed by atoms with E-state index in [1.54, 1.807) is 46.9 Å². The molecule has 0 aromatic heterocycles. The molecule has 1 aromatic carbocycles. The number of nitrogens with one attached hydrogen (secondary N) is 4. The van der Waals surface area contributed by atoms with Crippen LogP contribution in [0.25, 0.3) is 0 Å². The van der Waals surface area contributed by atoms with E-state index in [1.807, 2.05) is 19.1 Å². The van der Waals surface area contributed by atoms with Gasteiger partial charge in [0, 0.05) is 18.9 Å². The van der Waals surface area contributed by atoms with Crippen molar-refractivity contribution in [1.82, 2.24) is 21.3 Å². The van der Waals surface area contributed by atoms with E-state index in [0.29, 0.717) is 43.4 Å². The molecule has 1 aromatic rings. The van der Waals surface area contributed by atoms with Gasteiger partial charge in [0.2, 0.25) is 17.7 Å². The highest BCUT2D eigenvalue weighted by Crippen LogP contribution is 2.29. The summed E-state index contributed by atoms with van der Waals surface area (Å²) in [4.78, 5) is 53.2. The Hall–Kier alpha value is -3.34. The highest BCUT2D eigenvalue weighted by Gasteiger charge is 2.33. The molecule has 0 saturated heterocycles. The lowest BCUT2D eigenvalue weighted by Crippen LogP contribution is -2.57. The second-order valence-electron chi connectivity index (χ2n) is 14.9. The molecule has 0 radical (unpaired) electrons. The molecule has 11 nitrogen and oxygen atoms in total. The molecule has 1 saturated carbocycles. The van der Waals surface area contributed by atoms with Gasteiger partial charge < -0.3 is 35.8 Å². The molecule has 0 heterocycles. The minimum Gasteiger partial charge on any atom is -0.497 e. The number of carbonyl (C=O) groups is 4. The molecule has 1 fully saturated rings. The molecule has 4 amide bonds. The number of aliphatic hydroxyl groups is 1. The lowest BCUT2D eigenvalue weighted by molar-refractivity contribution is -0.131. The maximum atomic E-state index is 13.9. The second kappa shape index (κ2) is 21.0. The van der Waals surface area contributed by atoms with Crippen molar-refractivity contribution in [3.8, 4) is 5.75 Å². The lowest BCUT2D eigenvalue weighted by atomic mass is 9.82. The van der Waals surface area contributed by atoms with Crippen molar-refractivity contribution in [2.75, 3.05) is 13.7 Å². The number of aliphatic hydroxyl groups excluding tert-OH is 1. The second-order valence-corrected chi connectivity index (χ2v) is 14.9. The standard InChI is InChI=1S/C38H64N4O7/c1-9-14-30(40-36(46)32(42-37(47)49-38(5,6)7)23-28-17-19-29(48-8)20-18-28)35(45)41-31(22-27-15-12-11-13-16-27)33(43)21-26(4)34(44)39-24-25(3)10-2/h17-20,25-27,30-33,43H,9-16,21-24H2,1-8H3,(H,39,44)(H,40,46)(H,41,45)(H,42,47)/t25-,26+,30-,31-,32-,33-/m0/s1. The van der Waals surface area contributed by atoms with Crippen LogP contribution in [0.5, 0.6) is 5.75 Å². The normalized spacial score (nSPS) is 17.4. The number of methoxy groups -OCH3 is 1. The maximum Gasteiger partial charge on any atom is 0.408 e. The zero-order valence-corrected chi connectivity index (χ0v) is 31.2. The Balaban J connectivity index is 2.22. The van der Waals surface area contributed by atoms with E-state index >= 15 is 0 Å². The van der Waals surface area contributed by atoms with Gasteiger partial charge in [0.25, 0.3) is 0 Å². The van der Waals surface area contributed by atoms with Crippen LogP contribution in [0.1, 0.15) is 118 Å². The zero-order chi connectivity index (χ0) is 36.6. The van der Waals surface area contributed by atoms with E-state index in [9.17, 15) is 24.3 Å². The lowest BCUT2D eigenvalue weighted by Gasteiger charge is -2.32. The summed E-state index contributed by atoms with van der Waals surface area (Å²) >= 11 is 0. The molecule has 0 aliphatic heterocycles. The predicted molar refractivity (Wildman–Crippen MR) is 192 cm³/mol. The summed E-state index contributed by atoms with van der Waals surface area (Å²) in [5, 5.41) is 23.1. The minimum atomic E-state index is -1.02. The number of ether oxygens (including phenoxy) is 2. The van der Waals surface area contributed by atoms with Crippen molar-refractivity contribution < 1.29 is 33.8 Å². The number of alkyl carbamates (subject to hydrolysis) is 1. The van der Waals surface area contributed by atoms with Gasteiger partial charge in [-0.1, -0.05) is 84.8 Å². The molecule has 2 rings (SSSR count). The van der Waals surface area contributed by atoms with Crippen LogP contribution in [-0.4, -0.2) is 72.4 Å². The smallest absolute Gasteiger partial charge is 0.408 e. The SMILES string of the molecule is CCC[C@H](NC(=O)[C@H](Cc1ccc(OC)cc1)NC(=O)OC(C)(C)C)C(=O)N[C@@H](CC1CCCCC1)[C@@H](O)C[C@@H](C)C(=O)NC[C@@H](C)CC. The van der Waals surface area contributed by atoms with E-state index in [1.165, 1.54) is 6.42 Å². The largest absolute Gasteiger partial charge is 0.497 e. The summed E-state index contributed by atoms with van der Waals surface area (Å²) in [7, 11) is 1.57. The van der Waals surface area contributed by atoms with Gasteiger partial charge in [-0.2, -0.15) is 0 Å². The van der Waals surface area contributed by atoms with Crippen LogP contribution < -0.4 is 26.0 Å². The van der Waals surface area contributed by atoms with Gasteiger partial charge in [-0.3, -0.25) is 14.4 Å². The van der Waals surface area contributed by atoms with Crippen molar-refractivity contribution in [1.29, 1.82) is 0 Å². The fourth-order valence-corrected chi connectivity index (χ4v) is 6.09. The summed E-state index contributed by atoms with van der Waals surface area (Å²) < 4.78 is 10.7. The summed E-state index contributed by atoms with van der Waals surface area (Å²) in [6.45, 7) is 13.7. The predicted octanol–water partition coefficient (Wildman–Crippen LogP) is 5.42. The van der Waals surface area contributed by atoms with Crippen LogP contribution in [0, 0.1) is 17.8 Å². The van der Waals surface area contributed by atoms with Crippen LogP contribution in [0.15, 0.2) is 24.3 Å². The molecule has 0 spiro atoms. The highest BCUT2D eigenvalue weighted by atomic mass is 16.6. The van der Waals surface area contributed by atoms with Gasteiger partial charge in [0.1, 0.15) is 23.4 Å². The van der Waals surface area contributed by atoms with Gasteiger partial charge in [0.15, 0.2) is 0 Å². The van der Waals surface area contributed by atoms with Crippen LogP contribution in [0.2, 0.25) is 0 Å². The third kappa shape index (κ3) is 15.8. The van der Waals surface area contributed by atoms with Gasteiger partial charge in [-0.25, -0.2) is 4.79 Å². The number of rotatable bonds is 19. The van der Waals surface area contributed by atoms with Gasteiger partial charge >= 0.3 is 6.09 Å². The van der Waals surface area contributed by atoms with E-state index in [-0.39, 0.29) is 18.7 Å². The fourth-order valence-electron chi connectivity index (χ4n) is 6.09. The Morgan fingerprint density at radius 2 is 1.53 bits per heavy atom. The molecule has 1 aliphatic rings. The van der Waals surface area contributed by atoms with Crippen LogP contribution in [-0.2, 0) is 25.5 Å². The molecule has 278 valence electrons. The molecular formula is C38H64N4O7. The quantitative estimate of drug-likeness (QED) is 0.130. The topological polar surface area (TPSA) is 155 Å². The van der Waals surface area contributed by atoms with Crippen molar-refractivity contribution in [3.63, 3.8) is 0 Å². The Bertz CT molecular complexity index is 1160. The number of carbonyl (C=O) groups excluding carboxylic acids is 4. The zero-order valence-electron chi connectivity index (χ0n) is 31.2. The molecule has 6 atom stereocenters. The Labute approximate surface area is 294 Å². The monoisotopic (exact) mass is 688 g/mol. The third-order valence-corrected chi connectivity index (χ3v) is 9.29. The van der Waals surface area contributed by atoms with Crippen molar-refractivity contribution in [2.24, 2.45) is 17.8 Å². The first-order valence-electron chi connectivity index (χ1n) is 18.3. The summed E-state index contributed by atoms with van der Waals surface area (Å²) in [5.74, 6) is -0.0897. The first-order valence-corrected chi connectivity index (χ1v) is 18.3. The molecule has 1 aliphatic carbocycles. The van der Waals surface area contributed by atoms with E-state index in [2.05, 4.69) is 35.1 Å². The maximum absolute atomic E-state index is 13.9. The first-order chi connectivity index (χ1) is 23.1. The van der Waals surface area contributed by atoms with Crippen molar-refractivity contribution >= 4 is 23.8 Å². The third-order valence-electron chi connectivity index (χ3n) is 9.29. The Morgan fingerprint density at radius 1 is 0.898 bits per heavy atom. The van der Waals surface area contributed by atoms with E-state index < -0.39 is 53.7 Å². The fraction of sp³-hybridized carbons (Fsp3) is 0.737. The first kappa shape index (κ1) is 41.8. The number of hydrogen-bond donors (Lipinski definition) is 5. The molecule has 0 bridgehead atoms. The molecule has 0 unspecified atom stereocenters. The summed E-state index contributed by atoms with van der Waals surface area (Å²) in [6.07, 6.45) is 6.70. The summed E-state index contributed by atoms with van der Waals surface area (Å²) in [5.41, 5.74) is 0.0161. The minimum absolute atomic E-state index is 0.112. The van der Waals surface area contributed by atoms with E-state index in [0.717, 1.165) is 37.7 Å². The van der Waals surface area contributed by atoms with E-state index in [4.69, 9.17) is 9.47 Å². The van der Waals surface area contributed by atoms with Gasteiger partial charge in [0.05, 0.1) is 19.3 Å². The molecule has 49 heavy (non-hydrogen) atoms. The summed E-state index contributed by atoms with van der Waals surface area (Å²) in [6, 6.07) is 4.69. The van der Waals surface area contributed by atoms with Gasteiger partial charge in [-0.05, 0) is 69.6 Å². The average molecular weight is 689 g/mol. The number of amides is 4. The Kier molecular flexibility index (Phi) is 17.9. The average Bonchev–Trinajstić information content (AvgIpc) is 3.05. The molecule has 11 heteroatoms. The Morgan fingerprint density at radius 3 is 2.10 bits per heavy atom. The van der Waals surface area contributed by atoms with Crippen LogP contribution in [0.4, 0.5) is 4.79 Å². The highest BCUT2D eigenvalue weighted by molar-refractivity contribution is 5.91. The van der Waals surface area contributed by atoms with Crippen molar-refractivity contribution in [3.05, 3.63) is 29.8 Å². The molecular weight excluding hydrogens is 624 g/mol. The molecule has 5 N–H and O–H groups in total. The van der Waals surface area contributed by atoms with Gasteiger partial charge in [-0.15, -0.1) is 0 Å². The number of benzene rings is 1. The number of hydrogen-bond acceptors (Lipinski definition) is 7. The van der Waals surface area contributed by atoms with Crippen molar-refractivity contribution in [2.45, 2.75) is 149 Å². The van der Waals surface area contributed by atoms with Crippen LogP contribution >= 0.6 is 0 Å².